The van der Waals surface area contributed by atoms with Crippen molar-refractivity contribution in [2.75, 3.05) is 7.11 Å². The molecule has 1 rings (SSSR count). The van der Waals surface area contributed by atoms with Gasteiger partial charge in [-0.3, -0.25) is 9.59 Å². The molecule has 5 nitrogen and oxygen atoms in total. The number of carboxylic acids is 1. The fraction of sp³-hybridized carbons (Fsp3) is 0.385. The molecule has 0 saturated carbocycles. The van der Waals surface area contributed by atoms with Crippen molar-refractivity contribution in [3.63, 3.8) is 0 Å². The highest BCUT2D eigenvalue weighted by atomic mass is 19.1. The largest absolute Gasteiger partial charge is 0.493 e. The topological polar surface area (TPSA) is 75.6 Å². The number of rotatable bonds is 6. The number of halogens is 1. The van der Waals surface area contributed by atoms with E-state index in [4.69, 9.17) is 9.84 Å². The number of methoxy groups -OCH3 is 1. The second-order valence-corrected chi connectivity index (χ2v) is 4.06. The fourth-order valence-electron chi connectivity index (χ4n) is 1.60. The minimum absolute atomic E-state index is 0.0669. The molecule has 1 atom stereocenters. The number of benzene rings is 1. The lowest BCUT2D eigenvalue weighted by atomic mass is 10.1. The third kappa shape index (κ3) is 4.24. The highest BCUT2D eigenvalue weighted by molar-refractivity contribution is 5.83. The van der Waals surface area contributed by atoms with Crippen LogP contribution in [0.2, 0.25) is 0 Å². The zero-order valence-electron chi connectivity index (χ0n) is 10.8. The number of carbonyl (C=O) groups excluding carboxylic acids is 1. The van der Waals surface area contributed by atoms with Crippen LogP contribution < -0.4 is 10.1 Å². The monoisotopic (exact) mass is 269 g/mol. The zero-order valence-corrected chi connectivity index (χ0v) is 10.8. The summed E-state index contributed by atoms with van der Waals surface area (Å²) in [5, 5.41) is 11.0. The summed E-state index contributed by atoms with van der Waals surface area (Å²) in [7, 11) is 1.36. The molecule has 2 N–H and O–H groups in total. The number of hydrogen-bond donors (Lipinski definition) is 2. The number of carbonyl (C=O) groups is 2. The average molecular weight is 269 g/mol. The predicted molar refractivity (Wildman–Crippen MR) is 66.5 cm³/mol. The number of carboxylic acid groups (broad SMARTS) is 1. The second kappa shape index (κ2) is 6.72. The van der Waals surface area contributed by atoms with E-state index < -0.39 is 23.7 Å². The van der Waals surface area contributed by atoms with Crippen molar-refractivity contribution < 1.29 is 23.8 Å². The molecule has 0 aliphatic carbocycles. The molecule has 1 amide bonds. The van der Waals surface area contributed by atoms with E-state index in [1.807, 2.05) is 0 Å². The van der Waals surface area contributed by atoms with Crippen LogP contribution in [0.15, 0.2) is 18.2 Å². The first-order valence-electron chi connectivity index (χ1n) is 5.79. The molecule has 0 unspecified atom stereocenters. The van der Waals surface area contributed by atoms with Gasteiger partial charge < -0.3 is 15.2 Å². The van der Waals surface area contributed by atoms with Gasteiger partial charge in [-0.25, -0.2) is 4.39 Å². The SMILES string of the molecule is COc1c(F)cccc1CCC(=O)N[C@@H](C)C(=O)O. The van der Waals surface area contributed by atoms with Gasteiger partial charge in [-0.2, -0.15) is 0 Å². The third-order valence-corrected chi connectivity index (χ3v) is 2.62. The number of para-hydroxylation sites is 1. The van der Waals surface area contributed by atoms with Gasteiger partial charge in [0.15, 0.2) is 11.6 Å². The quantitative estimate of drug-likeness (QED) is 0.817. The van der Waals surface area contributed by atoms with Crippen molar-refractivity contribution in [3.8, 4) is 5.75 Å². The number of nitrogens with one attached hydrogen (secondary N) is 1. The van der Waals surface area contributed by atoms with Crippen LogP contribution in [0.25, 0.3) is 0 Å². The maximum atomic E-state index is 13.4. The first kappa shape index (κ1) is 14.9. The molecule has 0 saturated heterocycles. The van der Waals surface area contributed by atoms with Crippen molar-refractivity contribution in [1.82, 2.24) is 5.32 Å². The molecular weight excluding hydrogens is 253 g/mol. The van der Waals surface area contributed by atoms with E-state index in [9.17, 15) is 14.0 Å². The van der Waals surface area contributed by atoms with Crippen LogP contribution in [0.4, 0.5) is 4.39 Å². The van der Waals surface area contributed by atoms with Gasteiger partial charge >= 0.3 is 5.97 Å². The Morgan fingerprint density at radius 1 is 1.47 bits per heavy atom. The summed E-state index contributed by atoms with van der Waals surface area (Å²) >= 11 is 0. The Morgan fingerprint density at radius 3 is 2.74 bits per heavy atom. The summed E-state index contributed by atoms with van der Waals surface area (Å²) < 4.78 is 18.3. The van der Waals surface area contributed by atoms with Crippen LogP contribution in [-0.4, -0.2) is 30.1 Å². The van der Waals surface area contributed by atoms with Gasteiger partial charge in [0, 0.05) is 6.42 Å². The Kier molecular flexibility index (Phi) is 5.29. The van der Waals surface area contributed by atoms with E-state index in [0.717, 1.165) is 0 Å². The van der Waals surface area contributed by atoms with Gasteiger partial charge in [0.25, 0.3) is 0 Å². The lowest BCUT2D eigenvalue weighted by Crippen LogP contribution is -2.38. The molecule has 0 aliphatic heterocycles. The van der Waals surface area contributed by atoms with Crippen molar-refractivity contribution in [2.24, 2.45) is 0 Å². The number of hydrogen-bond acceptors (Lipinski definition) is 3. The van der Waals surface area contributed by atoms with Crippen LogP contribution in [0.1, 0.15) is 18.9 Å². The van der Waals surface area contributed by atoms with Crippen molar-refractivity contribution >= 4 is 11.9 Å². The number of amides is 1. The molecule has 0 bridgehead atoms. The second-order valence-electron chi connectivity index (χ2n) is 4.06. The standard InChI is InChI=1S/C13H16FNO4/c1-8(13(17)18)15-11(16)7-6-9-4-3-5-10(14)12(9)19-2/h3-5,8H,6-7H2,1-2H3,(H,15,16)(H,17,18)/t8-/m0/s1. The van der Waals surface area contributed by atoms with Gasteiger partial charge in [0.1, 0.15) is 6.04 Å². The Morgan fingerprint density at radius 2 is 2.16 bits per heavy atom. The molecule has 0 heterocycles. The lowest BCUT2D eigenvalue weighted by molar-refractivity contribution is -0.141. The van der Waals surface area contributed by atoms with Gasteiger partial charge in [-0.1, -0.05) is 12.1 Å². The normalized spacial score (nSPS) is 11.7. The Hall–Kier alpha value is -2.11. The molecule has 0 fully saturated rings. The van der Waals surface area contributed by atoms with Crippen molar-refractivity contribution in [3.05, 3.63) is 29.6 Å². The van der Waals surface area contributed by atoms with Crippen LogP contribution in [0, 0.1) is 5.82 Å². The molecular formula is C13H16FNO4. The summed E-state index contributed by atoms with van der Waals surface area (Å²) in [5.41, 5.74) is 0.570. The fourth-order valence-corrected chi connectivity index (χ4v) is 1.60. The minimum Gasteiger partial charge on any atom is -0.493 e. The maximum absolute atomic E-state index is 13.4. The van der Waals surface area contributed by atoms with E-state index >= 15 is 0 Å². The molecule has 6 heteroatoms. The van der Waals surface area contributed by atoms with Crippen LogP contribution in [0.3, 0.4) is 0 Å². The molecule has 19 heavy (non-hydrogen) atoms. The van der Waals surface area contributed by atoms with Gasteiger partial charge in [0.2, 0.25) is 5.91 Å². The van der Waals surface area contributed by atoms with Gasteiger partial charge in [-0.15, -0.1) is 0 Å². The van der Waals surface area contributed by atoms with Gasteiger partial charge in [-0.05, 0) is 25.0 Å². The number of aliphatic carboxylic acids is 1. The summed E-state index contributed by atoms with van der Waals surface area (Å²) in [6.45, 7) is 1.38. The highest BCUT2D eigenvalue weighted by Gasteiger charge is 2.15. The summed E-state index contributed by atoms with van der Waals surface area (Å²) in [5.74, 6) is -1.88. The smallest absolute Gasteiger partial charge is 0.325 e. The Balaban J connectivity index is 2.60. The Bertz CT molecular complexity index is 476. The van der Waals surface area contributed by atoms with E-state index in [1.54, 1.807) is 6.07 Å². The Labute approximate surface area is 110 Å². The lowest BCUT2D eigenvalue weighted by Gasteiger charge is -2.11. The van der Waals surface area contributed by atoms with Crippen molar-refractivity contribution in [1.29, 1.82) is 0 Å². The summed E-state index contributed by atoms with van der Waals surface area (Å²) in [6.07, 6.45) is 0.344. The first-order valence-corrected chi connectivity index (χ1v) is 5.79. The van der Waals surface area contributed by atoms with Crippen LogP contribution in [-0.2, 0) is 16.0 Å². The molecule has 104 valence electrons. The predicted octanol–water partition coefficient (Wildman–Crippen LogP) is 1.36. The van der Waals surface area contributed by atoms with Crippen molar-refractivity contribution in [2.45, 2.75) is 25.8 Å². The number of ether oxygens (including phenoxy) is 1. The summed E-state index contributed by atoms with van der Waals surface area (Å²) in [6, 6.07) is 3.53. The molecule has 0 aliphatic rings. The molecule has 0 spiro atoms. The maximum Gasteiger partial charge on any atom is 0.325 e. The van der Waals surface area contributed by atoms with Gasteiger partial charge in [0.05, 0.1) is 7.11 Å². The molecule has 1 aromatic carbocycles. The molecule has 0 radical (unpaired) electrons. The third-order valence-electron chi connectivity index (χ3n) is 2.62. The van der Waals surface area contributed by atoms with E-state index in [2.05, 4.69) is 5.32 Å². The molecule has 1 aromatic rings. The van der Waals surface area contributed by atoms with E-state index in [0.29, 0.717) is 5.56 Å². The van der Waals surface area contributed by atoms with E-state index in [-0.39, 0.29) is 18.6 Å². The average Bonchev–Trinajstić information content (AvgIpc) is 2.36. The van der Waals surface area contributed by atoms with Crippen LogP contribution in [0.5, 0.6) is 5.75 Å². The zero-order chi connectivity index (χ0) is 14.4. The van der Waals surface area contributed by atoms with E-state index in [1.165, 1.54) is 26.2 Å². The summed E-state index contributed by atoms with van der Waals surface area (Å²) in [4.78, 5) is 22.1. The van der Waals surface area contributed by atoms with Crippen LogP contribution >= 0.6 is 0 Å². The first-order chi connectivity index (χ1) is 8.95. The number of aryl methyl sites for hydroxylation is 1. The minimum atomic E-state index is -1.10. The molecule has 0 aromatic heterocycles. The highest BCUT2D eigenvalue weighted by Crippen LogP contribution is 2.23.